The Kier molecular flexibility index (Phi) is 8.60. The Bertz CT molecular complexity index is 720. The van der Waals surface area contributed by atoms with Crippen molar-refractivity contribution in [2.45, 2.75) is 72.5 Å². The van der Waals surface area contributed by atoms with Gasteiger partial charge in [-0.25, -0.2) is 14.6 Å². The number of nitrogens with one attached hydrogen (secondary N) is 1. The minimum absolute atomic E-state index is 0.166. The first-order chi connectivity index (χ1) is 13.3. The molecule has 0 aliphatic heterocycles. The van der Waals surface area contributed by atoms with E-state index in [0.29, 0.717) is 25.1 Å². The highest BCUT2D eigenvalue weighted by molar-refractivity contribution is 6.03. The third kappa shape index (κ3) is 8.93. The monoisotopic (exact) mass is 407 g/mol. The smallest absolute Gasteiger partial charge is 0.416 e. The van der Waals surface area contributed by atoms with Crippen LogP contribution in [0.4, 0.5) is 15.4 Å². The lowest BCUT2D eigenvalue weighted by atomic mass is 10.1. The fourth-order valence-corrected chi connectivity index (χ4v) is 2.40. The first kappa shape index (κ1) is 24.4. The lowest BCUT2D eigenvalue weighted by molar-refractivity contribution is 0.0523. The van der Waals surface area contributed by atoms with Crippen molar-refractivity contribution in [3.05, 3.63) is 23.9 Å². The van der Waals surface area contributed by atoms with Crippen molar-refractivity contribution in [3.63, 3.8) is 0 Å². The highest BCUT2D eigenvalue weighted by Crippen LogP contribution is 2.22. The summed E-state index contributed by atoms with van der Waals surface area (Å²) in [4.78, 5) is 42.4. The van der Waals surface area contributed by atoms with Gasteiger partial charge in [0.25, 0.3) is 0 Å². The molecular formula is C21H33N3O5. The van der Waals surface area contributed by atoms with Gasteiger partial charge < -0.3 is 14.8 Å². The number of pyridine rings is 1. The molecule has 1 rings (SSSR count). The van der Waals surface area contributed by atoms with Crippen LogP contribution < -0.4 is 10.2 Å². The lowest BCUT2D eigenvalue weighted by Crippen LogP contribution is -2.38. The van der Waals surface area contributed by atoms with Gasteiger partial charge in [0, 0.05) is 25.7 Å². The first-order valence-electron chi connectivity index (χ1n) is 9.79. The molecule has 1 heterocycles. The van der Waals surface area contributed by atoms with Crippen LogP contribution in [0, 0.1) is 0 Å². The topological polar surface area (TPSA) is 97.8 Å². The summed E-state index contributed by atoms with van der Waals surface area (Å²) >= 11 is 0. The number of nitrogens with zero attached hydrogens (tertiary/aromatic N) is 2. The van der Waals surface area contributed by atoms with Crippen molar-refractivity contribution in [2.75, 3.05) is 18.0 Å². The van der Waals surface area contributed by atoms with Gasteiger partial charge in [-0.15, -0.1) is 0 Å². The second-order valence-electron chi connectivity index (χ2n) is 8.55. The molecule has 8 heteroatoms. The van der Waals surface area contributed by atoms with Gasteiger partial charge in [0.2, 0.25) is 0 Å². The fourth-order valence-electron chi connectivity index (χ4n) is 2.40. The van der Waals surface area contributed by atoms with Crippen LogP contribution in [0.25, 0.3) is 0 Å². The van der Waals surface area contributed by atoms with E-state index in [1.807, 2.05) is 0 Å². The highest BCUT2D eigenvalue weighted by Gasteiger charge is 2.26. The number of anilines is 1. The number of ketones is 1. The van der Waals surface area contributed by atoms with Gasteiger partial charge >= 0.3 is 12.2 Å². The van der Waals surface area contributed by atoms with E-state index in [0.717, 1.165) is 0 Å². The average Bonchev–Trinajstić information content (AvgIpc) is 2.56. The van der Waals surface area contributed by atoms with Gasteiger partial charge in [-0.3, -0.25) is 9.69 Å². The van der Waals surface area contributed by atoms with Gasteiger partial charge in [0.1, 0.15) is 17.0 Å². The number of Topliss-reactive ketones (excluding diaryl/α,β-unsaturated/α-hetero) is 1. The summed E-state index contributed by atoms with van der Waals surface area (Å²) in [5.74, 6) is 0.107. The van der Waals surface area contributed by atoms with Crippen LogP contribution in [-0.2, 0) is 9.47 Å². The number of carbonyl (C=O) groups is 3. The van der Waals surface area contributed by atoms with Gasteiger partial charge in [0.05, 0.1) is 5.56 Å². The molecule has 0 fully saturated rings. The van der Waals surface area contributed by atoms with E-state index in [2.05, 4.69) is 10.3 Å². The van der Waals surface area contributed by atoms with E-state index in [9.17, 15) is 14.4 Å². The Morgan fingerprint density at radius 2 is 1.69 bits per heavy atom. The van der Waals surface area contributed by atoms with Gasteiger partial charge in [0.15, 0.2) is 5.78 Å². The van der Waals surface area contributed by atoms with E-state index >= 15 is 0 Å². The number of alkyl carbamates (subject to hydrolysis) is 1. The van der Waals surface area contributed by atoms with Crippen LogP contribution in [-0.4, -0.2) is 47.2 Å². The molecule has 8 nitrogen and oxygen atoms in total. The molecule has 1 aromatic rings. The SMILES string of the molecule is CCN(C(=O)OC(C)(C)C)c1ncccc1C(=O)CCCNC(=O)OC(C)(C)C. The minimum Gasteiger partial charge on any atom is -0.444 e. The maximum Gasteiger partial charge on any atom is 0.416 e. The van der Waals surface area contributed by atoms with E-state index < -0.39 is 23.4 Å². The Morgan fingerprint density at radius 1 is 1.07 bits per heavy atom. The minimum atomic E-state index is -0.656. The summed E-state index contributed by atoms with van der Waals surface area (Å²) in [6.07, 6.45) is 1.09. The van der Waals surface area contributed by atoms with Gasteiger partial charge in [-0.2, -0.15) is 0 Å². The Morgan fingerprint density at radius 3 is 2.24 bits per heavy atom. The molecule has 0 saturated carbocycles. The zero-order valence-electron chi connectivity index (χ0n) is 18.5. The number of amides is 2. The number of rotatable bonds is 7. The molecule has 0 aromatic carbocycles. The molecule has 29 heavy (non-hydrogen) atoms. The summed E-state index contributed by atoms with van der Waals surface area (Å²) < 4.78 is 10.6. The largest absolute Gasteiger partial charge is 0.444 e. The molecule has 2 amide bonds. The van der Waals surface area contributed by atoms with Gasteiger partial charge in [-0.1, -0.05) is 0 Å². The number of carbonyl (C=O) groups excluding carboxylic acids is 3. The molecule has 162 valence electrons. The predicted molar refractivity (Wildman–Crippen MR) is 111 cm³/mol. The lowest BCUT2D eigenvalue weighted by Gasteiger charge is -2.26. The van der Waals surface area contributed by atoms with Crippen LogP contribution in [0.1, 0.15) is 71.7 Å². The van der Waals surface area contributed by atoms with Crippen molar-refractivity contribution in [3.8, 4) is 0 Å². The summed E-state index contributed by atoms with van der Waals surface area (Å²) in [7, 11) is 0. The summed E-state index contributed by atoms with van der Waals surface area (Å²) in [6.45, 7) is 13.1. The second kappa shape index (κ2) is 10.2. The fraction of sp³-hybridized carbons (Fsp3) is 0.619. The molecule has 0 spiro atoms. The second-order valence-corrected chi connectivity index (χ2v) is 8.55. The summed E-state index contributed by atoms with van der Waals surface area (Å²) in [5.41, 5.74) is -0.885. The van der Waals surface area contributed by atoms with Crippen LogP contribution in [0.3, 0.4) is 0 Å². The predicted octanol–water partition coefficient (Wildman–Crippen LogP) is 4.33. The van der Waals surface area contributed by atoms with Crippen LogP contribution in [0.2, 0.25) is 0 Å². The van der Waals surface area contributed by atoms with Crippen LogP contribution >= 0.6 is 0 Å². The Balaban J connectivity index is 2.76. The van der Waals surface area contributed by atoms with Crippen molar-refractivity contribution >= 4 is 23.8 Å². The van der Waals surface area contributed by atoms with E-state index in [1.54, 1.807) is 60.6 Å². The van der Waals surface area contributed by atoms with Crippen molar-refractivity contribution in [2.24, 2.45) is 0 Å². The molecule has 0 unspecified atom stereocenters. The third-order valence-corrected chi connectivity index (χ3v) is 3.52. The molecule has 0 atom stereocenters. The Labute approximate surface area is 173 Å². The molecule has 0 bridgehead atoms. The van der Waals surface area contributed by atoms with Crippen molar-refractivity contribution < 1.29 is 23.9 Å². The molecule has 0 aliphatic carbocycles. The number of aromatic nitrogens is 1. The number of hydrogen-bond donors (Lipinski definition) is 1. The van der Waals surface area contributed by atoms with Crippen molar-refractivity contribution in [1.82, 2.24) is 10.3 Å². The highest BCUT2D eigenvalue weighted by atomic mass is 16.6. The van der Waals surface area contributed by atoms with Crippen LogP contribution in [0.15, 0.2) is 18.3 Å². The van der Waals surface area contributed by atoms with Crippen molar-refractivity contribution in [1.29, 1.82) is 0 Å². The molecular weight excluding hydrogens is 374 g/mol. The first-order valence-corrected chi connectivity index (χ1v) is 9.79. The number of hydrogen-bond acceptors (Lipinski definition) is 6. The van der Waals surface area contributed by atoms with E-state index in [1.165, 1.54) is 11.1 Å². The molecule has 1 N–H and O–H groups in total. The summed E-state index contributed by atoms with van der Waals surface area (Å²) in [5, 5.41) is 2.63. The average molecular weight is 408 g/mol. The third-order valence-electron chi connectivity index (χ3n) is 3.52. The standard InChI is InChI=1S/C21H33N3O5/c1-8-24(19(27)29-21(5,6)7)17-15(11-9-13-22-17)16(25)12-10-14-23-18(26)28-20(2,3)4/h9,11,13H,8,10,12,14H2,1-7H3,(H,23,26). The maximum atomic E-state index is 12.7. The van der Waals surface area contributed by atoms with Gasteiger partial charge in [-0.05, 0) is 67.0 Å². The molecule has 0 saturated heterocycles. The zero-order valence-corrected chi connectivity index (χ0v) is 18.5. The molecule has 1 aromatic heterocycles. The summed E-state index contributed by atoms with van der Waals surface area (Å²) in [6, 6.07) is 3.29. The normalized spacial score (nSPS) is 11.6. The maximum absolute atomic E-state index is 12.7. The van der Waals surface area contributed by atoms with E-state index in [4.69, 9.17) is 9.47 Å². The van der Waals surface area contributed by atoms with E-state index in [-0.39, 0.29) is 18.0 Å². The quantitative estimate of drug-likeness (QED) is 0.534. The van der Waals surface area contributed by atoms with Crippen LogP contribution in [0.5, 0.6) is 0 Å². The Hall–Kier alpha value is -2.64. The molecule has 0 aliphatic rings. The molecule has 0 radical (unpaired) electrons. The zero-order chi connectivity index (χ0) is 22.2. The number of ether oxygens (including phenoxy) is 2.